The van der Waals surface area contributed by atoms with Gasteiger partial charge in [-0.15, -0.1) is 0 Å². The molecule has 4 nitrogen and oxygen atoms in total. The maximum absolute atomic E-state index is 11.2. The molecule has 3 rings (SSSR count). The summed E-state index contributed by atoms with van der Waals surface area (Å²) in [6.07, 6.45) is 5.31. The van der Waals surface area contributed by atoms with E-state index in [0.717, 1.165) is 25.3 Å². The number of piperazine rings is 1. The summed E-state index contributed by atoms with van der Waals surface area (Å²) in [6, 6.07) is 0.541. The molecule has 1 aromatic heterocycles. The molecule has 1 aliphatic carbocycles. The largest absolute Gasteiger partial charge is 0.315 e. The van der Waals surface area contributed by atoms with Crippen LogP contribution in [-0.2, 0) is 6.54 Å². The van der Waals surface area contributed by atoms with Crippen LogP contribution in [0.3, 0.4) is 0 Å². The van der Waals surface area contributed by atoms with Crippen molar-refractivity contribution in [3.05, 3.63) is 20.7 Å². The van der Waals surface area contributed by atoms with Crippen molar-refractivity contribution < 1.29 is 0 Å². The van der Waals surface area contributed by atoms with Gasteiger partial charge in [0.15, 0.2) is 0 Å². The predicted molar refractivity (Wildman–Crippen MR) is 74.0 cm³/mol. The van der Waals surface area contributed by atoms with Crippen molar-refractivity contribution in [1.29, 1.82) is 0 Å². The van der Waals surface area contributed by atoms with Crippen molar-refractivity contribution >= 4 is 11.3 Å². The fourth-order valence-corrected chi connectivity index (χ4v) is 3.88. The molecule has 1 saturated carbocycles. The standard InChI is InChI=1S/C13H21N3OS/c1-10-6-14-13(4-2-3-5-13)9-16(10)7-11-8-18-12(17)15-11/h8,10,14H,2-7,9H2,1H3,(H,15,17). The first-order valence-electron chi connectivity index (χ1n) is 6.83. The fraction of sp³-hybridized carbons (Fsp3) is 0.769. The van der Waals surface area contributed by atoms with Crippen LogP contribution in [0.5, 0.6) is 0 Å². The van der Waals surface area contributed by atoms with Gasteiger partial charge in [-0.1, -0.05) is 24.2 Å². The molecule has 1 spiro atoms. The first-order chi connectivity index (χ1) is 8.67. The summed E-state index contributed by atoms with van der Waals surface area (Å²) in [7, 11) is 0. The molecule has 5 heteroatoms. The number of H-pyrrole nitrogens is 1. The van der Waals surface area contributed by atoms with Gasteiger partial charge >= 0.3 is 4.87 Å². The van der Waals surface area contributed by atoms with E-state index in [2.05, 4.69) is 22.1 Å². The lowest BCUT2D eigenvalue weighted by Gasteiger charge is -2.45. The molecule has 100 valence electrons. The Bertz CT molecular complexity index is 461. The second kappa shape index (κ2) is 4.79. The number of rotatable bonds is 2. The van der Waals surface area contributed by atoms with Gasteiger partial charge in [-0.25, -0.2) is 0 Å². The zero-order valence-electron chi connectivity index (χ0n) is 10.9. The molecule has 18 heavy (non-hydrogen) atoms. The minimum atomic E-state index is 0.0587. The number of nitrogens with zero attached hydrogens (tertiary/aromatic N) is 1. The van der Waals surface area contributed by atoms with Gasteiger partial charge in [-0.3, -0.25) is 9.69 Å². The van der Waals surface area contributed by atoms with Crippen LogP contribution in [-0.4, -0.2) is 34.6 Å². The van der Waals surface area contributed by atoms with Crippen LogP contribution in [0.15, 0.2) is 10.2 Å². The maximum atomic E-state index is 11.2. The van der Waals surface area contributed by atoms with Gasteiger partial charge in [0.1, 0.15) is 0 Å². The van der Waals surface area contributed by atoms with Gasteiger partial charge in [-0.05, 0) is 19.8 Å². The summed E-state index contributed by atoms with van der Waals surface area (Å²) in [5.41, 5.74) is 1.41. The quantitative estimate of drug-likeness (QED) is 0.854. The Hall–Kier alpha value is -0.650. The van der Waals surface area contributed by atoms with Crippen molar-refractivity contribution in [1.82, 2.24) is 15.2 Å². The Labute approximate surface area is 111 Å². The molecule has 2 N–H and O–H groups in total. The monoisotopic (exact) mass is 267 g/mol. The smallest absolute Gasteiger partial charge is 0.304 e. The number of aromatic amines is 1. The molecule has 0 radical (unpaired) electrons. The van der Waals surface area contributed by atoms with Crippen molar-refractivity contribution in [2.45, 2.75) is 50.7 Å². The Morgan fingerprint density at radius 2 is 2.28 bits per heavy atom. The van der Waals surface area contributed by atoms with E-state index >= 15 is 0 Å². The number of thiazole rings is 1. The van der Waals surface area contributed by atoms with Crippen molar-refractivity contribution in [2.24, 2.45) is 0 Å². The number of nitrogens with one attached hydrogen (secondary N) is 2. The van der Waals surface area contributed by atoms with Crippen molar-refractivity contribution in [3.8, 4) is 0 Å². The van der Waals surface area contributed by atoms with Crippen molar-refractivity contribution in [2.75, 3.05) is 13.1 Å². The van der Waals surface area contributed by atoms with Crippen LogP contribution >= 0.6 is 11.3 Å². The zero-order valence-corrected chi connectivity index (χ0v) is 11.7. The van der Waals surface area contributed by atoms with Crippen LogP contribution in [0.25, 0.3) is 0 Å². The Morgan fingerprint density at radius 1 is 1.50 bits per heavy atom. The van der Waals surface area contributed by atoms with E-state index in [-0.39, 0.29) is 4.87 Å². The lowest BCUT2D eigenvalue weighted by atomic mass is 9.92. The number of hydrogen-bond donors (Lipinski definition) is 2. The minimum Gasteiger partial charge on any atom is -0.315 e. The Balaban J connectivity index is 1.71. The van der Waals surface area contributed by atoms with Crippen molar-refractivity contribution in [3.63, 3.8) is 0 Å². The second-order valence-corrected chi connectivity index (χ2v) is 6.64. The van der Waals surface area contributed by atoms with Crippen LogP contribution in [0.1, 0.15) is 38.3 Å². The third-order valence-corrected chi connectivity index (χ3v) is 5.13. The Morgan fingerprint density at radius 3 is 2.94 bits per heavy atom. The highest BCUT2D eigenvalue weighted by Gasteiger charge is 2.39. The molecule has 0 aromatic carbocycles. The van der Waals surface area contributed by atoms with Gasteiger partial charge in [0.05, 0.1) is 0 Å². The molecule has 1 aliphatic heterocycles. The van der Waals surface area contributed by atoms with E-state index in [9.17, 15) is 4.79 Å². The molecular formula is C13H21N3OS. The first kappa shape index (κ1) is 12.4. The molecule has 2 aliphatic rings. The summed E-state index contributed by atoms with van der Waals surface area (Å²) in [5.74, 6) is 0. The molecule has 2 heterocycles. The van der Waals surface area contributed by atoms with Crippen LogP contribution in [0.2, 0.25) is 0 Å². The molecule has 0 bridgehead atoms. The van der Waals surface area contributed by atoms with E-state index in [1.807, 2.05) is 5.38 Å². The topological polar surface area (TPSA) is 48.1 Å². The lowest BCUT2D eigenvalue weighted by molar-refractivity contribution is 0.0817. The van der Waals surface area contributed by atoms with Gasteiger partial charge < -0.3 is 10.3 Å². The van der Waals surface area contributed by atoms with E-state index < -0.39 is 0 Å². The third kappa shape index (κ3) is 2.39. The van der Waals surface area contributed by atoms with E-state index in [0.29, 0.717) is 11.6 Å². The molecule has 1 aromatic rings. The summed E-state index contributed by atoms with van der Waals surface area (Å²) in [6.45, 7) is 5.32. The Kier molecular flexibility index (Phi) is 3.30. The highest BCUT2D eigenvalue weighted by atomic mass is 32.1. The lowest BCUT2D eigenvalue weighted by Crippen LogP contribution is -2.62. The highest BCUT2D eigenvalue weighted by molar-refractivity contribution is 7.07. The minimum absolute atomic E-state index is 0.0587. The maximum Gasteiger partial charge on any atom is 0.304 e. The molecular weight excluding hydrogens is 246 g/mol. The summed E-state index contributed by atoms with van der Waals surface area (Å²) >= 11 is 1.26. The normalized spacial score (nSPS) is 27.9. The van der Waals surface area contributed by atoms with E-state index in [4.69, 9.17) is 0 Å². The summed E-state index contributed by atoms with van der Waals surface area (Å²) < 4.78 is 0. The molecule has 1 unspecified atom stereocenters. The molecule has 1 atom stereocenters. The summed E-state index contributed by atoms with van der Waals surface area (Å²) in [5, 5.41) is 5.71. The fourth-order valence-electron chi connectivity index (χ4n) is 3.30. The zero-order chi connectivity index (χ0) is 12.6. The van der Waals surface area contributed by atoms with Crippen LogP contribution in [0, 0.1) is 0 Å². The predicted octanol–water partition coefficient (Wildman–Crippen LogP) is 1.54. The third-order valence-electron chi connectivity index (χ3n) is 4.41. The average molecular weight is 267 g/mol. The molecule has 1 saturated heterocycles. The second-order valence-electron chi connectivity index (χ2n) is 5.80. The number of hydrogen-bond acceptors (Lipinski definition) is 4. The first-order valence-corrected chi connectivity index (χ1v) is 7.71. The highest BCUT2D eigenvalue weighted by Crippen LogP contribution is 2.33. The van der Waals surface area contributed by atoms with E-state index in [1.165, 1.54) is 37.0 Å². The van der Waals surface area contributed by atoms with Crippen LogP contribution in [0.4, 0.5) is 0 Å². The van der Waals surface area contributed by atoms with Gasteiger partial charge in [0, 0.05) is 42.3 Å². The van der Waals surface area contributed by atoms with E-state index in [1.54, 1.807) is 0 Å². The van der Waals surface area contributed by atoms with Crippen LogP contribution < -0.4 is 10.2 Å². The molecule has 0 amide bonds. The average Bonchev–Trinajstić information content (AvgIpc) is 2.95. The number of aromatic nitrogens is 1. The van der Waals surface area contributed by atoms with Gasteiger partial charge in [0.2, 0.25) is 0 Å². The SMILES string of the molecule is CC1CNC2(CCCC2)CN1Cc1csc(=O)[nH]1. The van der Waals surface area contributed by atoms with Gasteiger partial charge in [-0.2, -0.15) is 0 Å². The summed E-state index contributed by atoms with van der Waals surface area (Å²) in [4.78, 5) is 16.7. The van der Waals surface area contributed by atoms with Gasteiger partial charge in [0.25, 0.3) is 0 Å². The molecule has 2 fully saturated rings.